The highest BCUT2D eigenvalue weighted by molar-refractivity contribution is 5.83. The van der Waals surface area contributed by atoms with E-state index in [0.717, 1.165) is 29.7 Å². The van der Waals surface area contributed by atoms with Crippen LogP contribution >= 0.6 is 0 Å². The molecule has 114 valence electrons. The number of nitrogens with one attached hydrogen (secondary N) is 1. The van der Waals surface area contributed by atoms with Crippen LogP contribution in [0.4, 0.5) is 0 Å². The number of H-pyrrole nitrogens is 1. The van der Waals surface area contributed by atoms with Gasteiger partial charge in [-0.05, 0) is 25.0 Å². The molecule has 2 aromatic rings. The normalized spacial score (nSPS) is 27.3. The van der Waals surface area contributed by atoms with Gasteiger partial charge in [0.2, 0.25) is 11.9 Å². The minimum atomic E-state index is -0.690. The molecule has 1 aliphatic heterocycles. The van der Waals surface area contributed by atoms with Gasteiger partial charge in [0.05, 0.1) is 17.1 Å². The van der Waals surface area contributed by atoms with Crippen LogP contribution in [0.5, 0.6) is 0 Å². The summed E-state index contributed by atoms with van der Waals surface area (Å²) in [5, 5.41) is 10.8. The molecular weight excluding hydrogens is 284 g/mol. The summed E-state index contributed by atoms with van der Waals surface area (Å²) in [6.45, 7) is 0.654. The van der Waals surface area contributed by atoms with Crippen LogP contribution in [0, 0.1) is 16.0 Å². The summed E-state index contributed by atoms with van der Waals surface area (Å²) < 4.78 is 0. The quantitative estimate of drug-likeness (QED) is 0.692. The molecule has 1 aromatic carbocycles. The molecule has 0 bridgehead atoms. The van der Waals surface area contributed by atoms with Gasteiger partial charge in [0, 0.05) is 17.9 Å². The number of rotatable bonds is 3. The van der Waals surface area contributed by atoms with Crippen molar-refractivity contribution in [3.8, 4) is 0 Å². The number of amides is 1. The van der Waals surface area contributed by atoms with Crippen molar-refractivity contribution in [2.24, 2.45) is 5.92 Å². The molecule has 2 aliphatic rings. The van der Waals surface area contributed by atoms with E-state index in [2.05, 4.69) is 9.97 Å². The molecule has 0 spiro atoms. The molecule has 7 nitrogen and oxygen atoms in total. The number of para-hydroxylation sites is 2. The molecule has 4 rings (SSSR count). The molecule has 2 heterocycles. The van der Waals surface area contributed by atoms with Gasteiger partial charge in [0.15, 0.2) is 0 Å². The Morgan fingerprint density at radius 3 is 2.95 bits per heavy atom. The number of carbonyl (C=O) groups is 1. The first kappa shape index (κ1) is 13.2. The van der Waals surface area contributed by atoms with Crippen LogP contribution < -0.4 is 0 Å². The molecule has 1 saturated heterocycles. The number of nitrogens with zero attached hydrogens (tertiary/aromatic N) is 3. The Kier molecular flexibility index (Phi) is 2.88. The molecule has 1 amide bonds. The molecule has 1 saturated carbocycles. The monoisotopic (exact) mass is 300 g/mol. The first-order chi connectivity index (χ1) is 10.6. The predicted molar refractivity (Wildman–Crippen MR) is 78.7 cm³/mol. The minimum absolute atomic E-state index is 0.0899. The van der Waals surface area contributed by atoms with E-state index in [1.54, 1.807) is 4.90 Å². The summed E-state index contributed by atoms with van der Waals surface area (Å²) >= 11 is 0. The lowest BCUT2D eigenvalue weighted by Crippen LogP contribution is -2.33. The van der Waals surface area contributed by atoms with Gasteiger partial charge in [-0.15, -0.1) is 0 Å². The molecule has 1 N–H and O–H groups in total. The van der Waals surface area contributed by atoms with Gasteiger partial charge in [-0.2, -0.15) is 0 Å². The number of carbonyl (C=O) groups excluding carboxylic acids is 1. The molecule has 3 atom stereocenters. The van der Waals surface area contributed by atoms with Crippen LogP contribution in [-0.4, -0.2) is 38.3 Å². The van der Waals surface area contributed by atoms with Crippen LogP contribution in [0.1, 0.15) is 31.1 Å². The third kappa shape index (κ3) is 2.04. The number of hydrogen-bond donors (Lipinski definition) is 1. The fourth-order valence-corrected chi connectivity index (χ4v) is 3.34. The zero-order valence-corrected chi connectivity index (χ0v) is 11.9. The van der Waals surface area contributed by atoms with Crippen LogP contribution in [0.3, 0.4) is 0 Å². The number of likely N-dealkylation sites (tertiary alicyclic amines) is 1. The SMILES string of the molecule is O=C([C@@H]1C[C@@H]1[N+](=O)[O-])N1CCC[C@H]1c1nc2ccccc2[nH]1. The summed E-state index contributed by atoms with van der Waals surface area (Å²) in [5.41, 5.74) is 1.83. The van der Waals surface area contributed by atoms with Crippen molar-refractivity contribution in [3.63, 3.8) is 0 Å². The minimum Gasteiger partial charge on any atom is -0.340 e. The third-order valence-corrected chi connectivity index (χ3v) is 4.60. The molecule has 0 radical (unpaired) electrons. The lowest BCUT2D eigenvalue weighted by Gasteiger charge is -2.22. The smallest absolute Gasteiger partial charge is 0.233 e. The fourth-order valence-electron chi connectivity index (χ4n) is 3.34. The van der Waals surface area contributed by atoms with Crippen LogP contribution in [0.15, 0.2) is 24.3 Å². The van der Waals surface area contributed by atoms with E-state index in [1.165, 1.54) is 0 Å². The highest BCUT2D eigenvalue weighted by Crippen LogP contribution is 2.40. The van der Waals surface area contributed by atoms with Crippen molar-refractivity contribution in [2.45, 2.75) is 31.3 Å². The average molecular weight is 300 g/mol. The van der Waals surface area contributed by atoms with Gasteiger partial charge in [0.25, 0.3) is 0 Å². The molecule has 7 heteroatoms. The van der Waals surface area contributed by atoms with Crippen LogP contribution in [0.2, 0.25) is 0 Å². The second-order valence-electron chi connectivity index (χ2n) is 6.02. The van der Waals surface area contributed by atoms with E-state index in [0.29, 0.717) is 13.0 Å². The van der Waals surface area contributed by atoms with Crippen molar-refractivity contribution in [2.75, 3.05) is 6.54 Å². The topological polar surface area (TPSA) is 92.1 Å². The number of fused-ring (bicyclic) bond motifs is 1. The first-order valence-electron chi connectivity index (χ1n) is 7.54. The Morgan fingerprint density at radius 2 is 2.23 bits per heavy atom. The summed E-state index contributed by atoms with van der Waals surface area (Å²) in [6.07, 6.45) is 2.12. The van der Waals surface area contributed by atoms with Gasteiger partial charge in [0.1, 0.15) is 11.7 Å². The molecule has 0 unspecified atom stereocenters. The maximum Gasteiger partial charge on any atom is 0.233 e. The number of imidazole rings is 1. The Bertz CT molecular complexity index is 723. The van der Waals surface area contributed by atoms with Crippen molar-refractivity contribution >= 4 is 16.9 Å². The number of nitro groups is 1. The van der Waals surface area contributed by atoms with E-state index < -0.39 is 12.0 Å². The van der Waals surface area contributed by atoms with Crippen molar-refractivity contribution in [1.29, 1.82) is 0 Å². The van der Waals surface area contributed by atoms with E-state index >= 15 is 0 Å². The van der Waals surface area contributed by atoms with E-state index in [4.69, 9.17) is 0 Å². The zero-order valence-electron chi connectivity index (χ0n) is 11.9. The maximum absolute atomic E-state index is 12.5. The first-order valence-corrected chi connectivity index (χ1v) is 7.54. The van der Waals surface area contributed by atoms with E-state index in [9.17, 15) is 14.9 Å². The van der Waals surface area contributed by atoms with Crippen molar-refractivity contribution in [3.05, 3.63) is 40.2 Å². The summed E-state index contributed by atoms with van der Waals surface area (Å²) in [6, 6.07) is 6.97. The highest BCUT2D eigenvalue weighted by Gasteiger charge is 2.55. The lowest BCUT2D eigenvalue weighted by atomic mass is 10.2. The van der Waals surface area contributed by atoms with E-state index in [1.807, 2.05) is 24.3 Å². The van der Waals surface area contributed by atoms with Gasteiger partial charge < -0.3 is 9.88 Å². The summed E-state index contributed by atoms with van der Waals surface area (Å²) in [4.78, 5) is 32.6. The standard InChI is InChI=1S/C15H16N4O3/c20-15(9-8-13(9)19(21)22)18-7-3-6-12(18)14-16-10-4-1-2-5-11(10)17-14/h1-2,4-5,9,12-13H,3,6-8H2,(H,16,17)/t9-,12+,13+/m1/s1. The number of aromatic amines is 1. The van der Waals surface area contributed by atoms with Crippen LogP contribution in [0.25, 0.3) is 11.0 Å². The number of hydrogen-bond acceptors (Lipinski definition) is 4. The largest absolute Gasteiger partial charge is 0.340 e. The third-order valence-electron chi connectivity index (χ3n) is 4.60. The zero-order chi connectivity index (χ0) is 15.3. The molecule has 1 aliphatic carbocycles. The second-order valence-corrected chi connectivity index (χ2v) is 6.02. The Balaban J connectivity index is 1.58. The van der Waals surface area contributed by atoms with Crippen molar-refractivity contribution < 1.29 is 9.72 Å². The maximum atomic E-state index is 12.5. The van der Waals surface area contributed by atoms with Crippen molar-refractivity contribution in [1.82, 2.24) is 14.9 Å². The van der Waals surface area contributed by atoms with E-state index in [-0.39, 0.29) is 16.9 Å². The summed E-state index contributed by atoms with van der Waals surface area (Å²) in [7, 11) is 0. The van der Waals surface area contributed by atoms with Gasteiger partial charge in [-0.3, -0.25) is 14.9 Å². The fraction of sp³-hybridized carbons (Fsp3) is 0.467. The van der Waals surface area contributed by atoms with Crippen LogP contribution in [-0.2, 0) is 4.79 Å². The van der Waals surface area contributed by atoms with Gasteiger partial charge in [-0.25, -0.2) is 4.98 Å². The highest BCUT2D eigenvalue weighted by atomic mass is 16.6. The average Bonchev–Trinajstić information content (AvgIpc) is 2.98. The number of aromatic nitrogens is 2. The number of benzene rings is 1. The van der Waals surface area contributed by atoms with Gasteiger partial charge in [-0.1, -0.05) is 12.1 Å². The summed E-state index contributed by atoms with van der Waals surface area (Å²) in [5.74, 6) is 0.245. The Morgan fingerprint density at radius 1 is 1.41 bits per heavy atom. The lowest BCUT2D eigenvalue weighted by molar-refractivity contribution is -0.497. The Labute approximate surface area is 126 Å². The molecule has 1 aromatic heterocycles. The van der Waals surface area contributed by atoms with Gasteiger partial charge >= 0.3 is 0 Å². The predicted octanol–water partition coefficient (Wildman–Crippen LogP) is 1.89. The molecule has 2 fully saturated rings. The Hall–Kier alpha value is -2.44. The molecular formula is C15H16N4O3. The molecule has 22 heavy (non-hydrogen) atoms. The second kappa shape index (κ2) is 4.79.